The van der Waals surface area contributed by atoms with Gasteiger partial charge in [0.15, 0.2) is 0 Å². The van der Waals surface area contributed by atoms with E-state index in [1.165, 1.54) is 43.5 Å². The number of carbonyl (C=O) groups excluding carboxylic acids is 1. The Morgan fingerprint density at radius 1 is 1.10 bits per heavy atom. The Morgan fingerprint density at radius 3 is 2.33 bits per heavy atom. The summed E-state index contributed by atoms with van der Waals surface area (Å²) in [5.74, 6) is 0.230. The van der Waals surface area contributed by atoms with Gasteiger partial charge in [0, 0.05) is 12.1 Å². The summed E-state index contributed by atoms with van der Waals surface area (Å²) in [4.78, 5) is 21.4. The van der Waals surface area contributed by atoms with E-state index in [0.29, 0.717) is 6.61 Å². The quantitative estimate of drug-likeness (QED) is 0.221. The zero-order chi connectivity index (χ0) is 15.5. The maximum atomic E-state index is 11.4. The van der Waals surface area contributed by atoms with Crippen molar-refractivity contribution >= 4 is 11.8 Å². The lowest BCUT2D eigenvalue weighted by Gasteiger charge is -2.05. The lowest BCUT2D eigenvalue weighted by Crippen LogP contribution is -2.11. The van der Waals surface area contributed by atoms with Crippen LogP contribution in [0.5, 0.6) is 5.75 Å². The second kappa shape index (κ2) is 9.74. The van der Waals surface area contributed by atoms with E-state index in [9.17, 15) is 14.9 Å². The van der Waals surface area contributed by atoms with Crippen LogP contribution in [0.3, 0.4) is 0 Å². The number of unbranched alkanes of at least 4 members (excludes halogenated alkanes) is 5. The van der Waals surface area contributed by atoms with E-state index in [4.69, 9.17) is 9.47 Å². The summed E-state index contributed by atoms with van der Waals surface area (Å²) in [5, 5.41) is 10.5. The number of rotatable bonds is 9. The summed E-state index contributed by atoms with van der Waals surface area (Å²) in [6.45, 7) is 2.50. The van der Waals surface area contributed by atoms with Crippen LogP contribution >= 0.6 is 0 Å². The predicted octanol–water partition coefficient (Wildman–Crippen LogP) is 4.47. The molecule has 0 fully saturated rings. The van der Waals surface area contributed by atoms with E-state index >= 15 is 0 Å². The van der Waals surface area contributed by atoms with Crippen LogP contribution in [0, 0.1) is 10.1 Å². The average Bonchev–Trinajstić information content (AvgIpc) is 2.47. The van der Waals surface area contributed by atoms with Crippen molar-refractivity contribution in [2.45, 2.75) is 45.4 Å². The molecule has 6 heteroatoms. The molecule has 0 aliphatic rings. The third-order valence-electron chi connectivity index (χ3n) is 2.97. The molecule has 0 bridgehead atoms. The fourth-order valence-electron chi connectivity index (χ4n) is 1.80. The van der Waals surface area contributed by atoms with E-state index in [0.717, 1.165) is 19.3 Å². The first-order valence-electron chi connectivity index (χ1n) is 7.22. The van der Waals surface area contributed by atoms with Crippen LogP contribution in [0.1, 0.15) is 45.4 Å². The van der Waals surface area contributed by atoms with Gasteiger partial charge in [-0.1, -0.05) is 39.0 Å². The molecule has 0 unspecified atom stereocenters. The Morgan fingerprint density at radius 2 is 1.71 bits per heavy atom. The molecule has 0 aliphatic heterocycles. The average molecular weight is 295 g/mol. The first kappa shape index (κ1) is 16.9. The van der Waals surface area contributed by atoms with Crippen LogP contribution in [-0.4, -0.2) is 17.7 Å². The maximum Gasteiger partial charge on any atom is 0.513 e. The largest absolute Gasteiger partial charge is 0.513 e. The molecular weight excluding hydrogens is 274 g/mol. The van der Waals surface area contributed by atoms with Crippen molar-refractivity contribution in [3.05, 3.63) is 34.4 Å². The molecule has 6 nitrogen and oxygen atoms in total. The molecular formula is C15H21NO5. The van der Waals surface area contributed by atoms with Crippen LogP contribution in [0.15, 0.2) is 24.3 Å². The van der Waals surface area contributed by atoms with E-state index in [1.807, 2.05) is 0 Å². The van der Waals surface area contributed by atoms with Gasteiger partial charge in [-0.05, 0) is 18.6 Å². The molecule has 116 valence electrons. The fourth-order valence-corrected chi connectivity index (χ4v) is 1.80. The number of nitrogens with zero attached hydrogens (tertiary/aromatic N) is 1. The van der Waals surface area contributed by atoms with Crippen molar-refractivity contribution < 1.29 is 19.2 Å². The number of hydrogen-bond donors (Lipinski definition) is 0. The molecule has 0 aliphatic carbocycles. The van der Waals surface area contributed by atoms with Crippen molar-refractivity contribution in [3.8, 4) is 5.75 Å². The third-order valence-corrected chi connectivity index (χ3v) is 2.97. The van der Waals surface area contributed by atoms with Crippen LogP contribution in [-0.2, 0) is 4.74 Å². The summed E-state index contributed by atoms with van der Waals surface area (Å²) < 4.78 is 9.85. The monoisotopic (exact) mass is 295 g/mol. The van der Waals surface area contributed by atoms with Gasteiger partial charge in [0.05, 0.1) is 11.5 Å². The first-order valence-corrected chi connectivity index (χ1v) is 7.22. The second-order valence-electron chi connectivity index (χ2n) is 4.72. The van der Waals surface area contributed by atoms with Crippen LogP contribution in [0.25, 0.3) is 0 Å². The summed E-state index contributed by atoms with van der Waals surface area (Å²) in [5.41, 5.74) is -0.0530. The molecule has 0 radical (unpaired) electrons. The molecule has 0 aromatic heterocycles. The van der Waals surface area contributed by atoms with Gasteiger partial charge in [-0.15, -0.1) is 0 Å². The molecule has 1 rings (SSSR count). The predicted molar refractivity (Wildman–Crippen MR) is 78.4 cm³/mol. The molecule has 0 saturated carbocycles. The highest BCUT2D eigenvalue weighted by atomic mass is 16.7. The highest BCUT2D eigenvalue weighted by molar-refractivity contribution is 5.63. The van der Waals surface area contributed by atoms with Crippen molar-refractivity contribution in [2.75, 3.05) is 6.61 Å². The van der Waals surface area contributed by atoms with Crippen molar-refractivity contribution in [2.24, 2.45) is 0 Å². The molecule has 0 saturated heterocycles. The van der Waals surface area contributed by atoms with Crippen molar-refractivity contribution in [1.29, 1.82) is 0 Å². The van der Waals surface area contributed by atoms with E-state index < -0.39 is 11.1 Å². The lowest BCUT2D eigenvalue weighted by atomic mass is 10.1. The minimum absolute atomic E-state index is 0.0530. The Kier molecular flexibility index (Phi) is 7.86. The summed E-state index contributed by atoms with van der Waals surface area (Å²) >= 11 is 0. The Hall–Kier alpha value is -2.11. The van der Waals surface area contributed by atoms with E-state index in [2.05, 4.69) is 6.92 Å². The van der Waals surface area contributed by atoms with E-state index in [1.54, 1.807) is 0 Å². The standard InChI is InChI=1S/C15H21NO5/c1-2-3-4-5-6-7-12-20-15(17)21-14-10-8-13(9-11-14)16(18)19/h8-11H,2-7,12H2,1H3. The SMILES string of the molecule is CCCCCCCCOC(=O)Oc1ccc([N+](=O)[O-])cc1. The van der Waals surface area contributed by atoms with Gasteiger partial charge < -0.3 is 9.47 Å². The van der Waals surface area contributed by atoms with Crippen molar-refractivity contribution in [3.63, 3.8) is 0 Å². The summed E-state index contributed by atoms with van der Waals surface area (Å²) in [7, 11) is 0. The van der Waals surface area contributed by atoms with Gasteiger partial charge in [0.1, 0.15) is 5.75 Å². The van der Waals surface area contributed by atoms with Gasteiger partial charge >= 0.3 is 6.16 Å². The van der Waals surface area contributed by atoms with Crippen LogP contribution < -0.4 is 4.74 Å². The number of nitro benzene ring substituents is 1. The summed E-state index contributed by atoms with van der Waals surface area (Å²) in [6, 6.07) is 5.28. The third kappa shape index (κ3) is 7.29. The molecule has 0 atom stereocenters. The first-order chi connectivity index (χ1) is 10.1. The zero-order valence-electron chi connectivity index (χ0n) is 12.2. The molecule has 0 N–H and O–H groups in total. The number of nitro groups is 1. The van der Waals surface area contributed by atoms with Gasteiger partial charge in [0.2, 0.25) is 0 Å². The molecule has 0 amide bonds. The van der Waals surface area contributed by atoms with Crippen LogP contribution in [0.4, 0.5) is 10.5 Å². The summed E-state index contributed by atoms with van der Waals surface area (Å²) in [6.07, 6.45) is 5.88. The minimum atomic E-state index is -0.780. The zero-order valence-corrected chi connectivity index (χ0v) is 12.2. The number of non-ortho nitro benzene ring substituents is 1. The number of benzene rings is 1. The Bertz CT molecular complexity index is 444. The molecule has 0 spiro atoms. The van der Waals surface area contributed by atoms with Gasteiger partial charge in [-0.3, -0.25) is 10.1 Å². The van der Waals surface area contributed by atoms with Gasteiger partial charge in [-0.25, -0.2) is 4.79 Å². The molecule has 21 heavy (non-hydrogen) atoms. The van der Waals surface area contributed by atoms with Crippen molar-refractivity contribution in [1.82, 2.24) is 0 Å². The smallest absolute Gasteiger partial charge is 0.434 e. The second-order valence-corrected chi connectivity index (χ2v) is 4.72. The van der Waals surface area contributed by atoms with Gasteiger partial charge in [0.25, 0.3) is 5.69 Å². The highest BCUT2D eigenvalue weighted by Crippen LogP contribution is 2.17. The number of carbonyl (C=O) groups is 1. The Labute approximate surface area is 124 Å². The maximum absolute atomic E-state index is 11.4. The molecule has 1 aromatic carbocycles. The van der Waals surface area contributed by atoms with Crippen LogP contribution in [0.2, 0.25) is 0 Å². The highest BCUT2D eigenvalue weighted by Gasteiger charge is 2.08. The Balaban J connectivity index is 2.17. The lowest BCUT2D eigenvalue weighted by molar-refractivity contribution is -0.384. The topological polar surface area (TPSA) is 78.7 Å². The number of ether oxygens (including phenoxy) is 2. The molecule has 1 aromatic rings. The fraction of sp³-hybridized carbons (Fsp3) is 0.533. The number of hydrogen-bond acceptors (Lipinski definition) is 5. The minimum Gasteiger partial charge on any atom is -0.434 e. The van der Waals surface area contributed by atoms with E-state index in [-0.39, 0.29) is 11.4 Å². The van der Waals surface area contributed by atoms with Gasteiger partial charge in [-0.2, -0.15) is 0 Å². The normalized spacial score (nSPS) is 10.1. The molecule has 0 heterocycles.